The highest BCUT2D eigenvalue weighted by Gasteiger charge is 2.08. The largest absolute Gasteiger partial charge is 0.488 e. The first-order valence-corrected chi connectivity index (χ1v) is 8.07. The van der Waals surface area contributed by atoms with E-state index in [0.717, 1.165) is 22.3 Å². The van der Waals surface area contributed by atoms with E-state index in [2.05, 4.69) is 5.18 Å². The second-order valence-corrected chi connectivity index (χ2v) is 6.03. The van der Waals surface area contributed by atoms with Gasteiger partial charge in [-0.05, 0) is 65.5 Å². The Morgan fingerprint density at radius 2 is 1.28 bits per heavy atom. The monoisotopic (exact) mass is 335 g/mol. The van der Waals surface area contributed by atoms with E-state index in [1.807, 2.05) is 56.3 Å². The van der Waals surface area contributed by atoms with Crippen LogP contribution in [0.2, 0.25) is 0 Å². The molecule has 0 bridgehead atoms. The molecule has 126 valence electrons. The van der Waals surface area contributed by atoms with Gasteiger partial charge in [0.05, 0.1) is 6.10 Å². The molecule has 0 aliphatic carbocycles. The Balaban J connectivity index is 1.84. The highest BCUT2D eigenvalue weighted by atomic mass is 19.1. The van der Waals surface area contributed by atoms with E-state index in [4.69, 9.17) is 4.74 Å². The first-order valence-electron chi connectivity index (χ1n) is 8.07. The summed E-state index contributed by atoms with van der Waals surface area (Å²) in [6.45, 7) is 3.73. The van der Waals surface area contributed by atoms with Gasteiger partial charge in [0, 0.05) is 0 Å². The maximum Gasteiger partial charge on any atom is 0.165 e. The van der Waals surface area contributed by atoms with Crippen LogP contribution in [0.25, 0.3) is 22.3 Å². The lowest BCUT2D eigenvalue weighted by Gasteiger charge is -2.12. The summed E-state index contributed by atoms with van der Waals surface area (Å²) in [5.41, 5.74) is 4.12. The summed E-state index contributed by atoms with van der Waals surface area (Å²) in [7, 11) is 0. The van der Waals surface area contributed by atoms with Crippen molar-refractivity contribution in [1.82, 2.24) is 0 Å². The molecule has 25 heavy (non-hydrogen) atoms. The highest BCUT2D eigenvalue weighted by Crippen LogP contribution is 2.29. The predicted octanol–water partition coefficient (Wildman–Crippen LogP) is 6.34. The lowest BCUT2D eigenvalue weighted by Crippen LogP contribution is -2.06. The number of ether oxygens (including phenoxy) is 1. The Morgan fingerprint density at radius 3 is 1.76 bits per heavy atom. The molecular formula is C21H18FNO2. The van der Waals surface area contributed by atoms with E-state index < -0.39 is 0 Å². The van der Waals surface area contributed by atoms with Crippen LogP contribution in [-0.4, -0.2) is 6.10 Å². The topological polar surface area (TPSA) is 38.7 Å². The molecule has 3 nitrogen and oxygen atoms in total. The average Bonchev–Trinajstić information content (AvgIpc) is 2.63. The zero-order valence-electron chi connectivity index (χ0n) is 14.1. The van der Waals surface area contributed by atoms with E-state index >= 15 is 0 Å². The molecule has 0 spiro atoms. The molecular weight excluding hydrogens is 317 g/mol. The molecule has 3 aromatic carbocycles. The molecule has 0 aliphatic heterocycles. The zero-order chi connectivity index (χ0) is 17.8. The highest BCUT2D eigenvalue weighted by molar-refractivity contribution is 5.71. The smallest absolute Gasteiger partial charge is 0.165 e. The SMILES string of the molecule is CC(C)Oc1ccc(-c2ccc(-c3ccc(N=O)cc3)cc2)cc1F. The standard InChI is InChI=1S/C21H18FNO2/c1-14(2)25-21-12-9-18(13-20(21)22)17-5-3-15(4-6-17)16-7-10-19(23-24)11-8-16/h3-14H,1-2H3. The summed E-state index contributed by atoms with van der Waals surface area (Å²) in [6, 6.07) is 19.9. The van der Waals surface area contributed by atoms with Crippen LogP contribution in [0, 0.1) is 10.7 Å². The van der Waals surface area contributed by atoms with Crippen LogP contribution < -0.4 is 4.74 Å². The Kier molecular flexibility index (Phi) is 4.89. The van der Waals surface area contributed by atoms with E-state index in [9.17, 15) is 9.30 Å². The maximum atomic E-state index is 14.2. The maximum absolute atomic E-state index is 14.2. The normalized spacial score (nSPS) is 10.7. The number of rotatable bonds is 5. The fourth-order valence-corrected chi connectivity index (χ4v) is 2.60. The van der Waals surface area contributed by atoms with Gasteiger partial charge >= 0.3 is 0 Å². The van der Waals surface area contributed by atoms with Crippen LogP contribution in [0.15, 0.2) is 71.9 Å². The molecule has 0 radical (unpaired) electrons. The van der Waals surface area contributed by atoms with Crippen LogP contribution in [-0.2, 0) is 0 Å². The van der Waals surface area contributed by atoms with Crippen LogP contribution in [0.4, 0.5) is 10.1 Å². The van der Waals surface area contributed by atoms with Gasteiger partial charge in [-0.25, -0.2) is 4.39 Å². The van der Waals surface area contributed by atoms with Crippen molar-refractivity contribution >= 4 is 5.69 Å². The molecule has 0 aliphatic rings. The Bertz CT molecular complexity index is 871. The van der Waals surface area contributed by atoms with E-state index in [1.165, 1.54) is 6.07 Å². The van der Waals surface area contributed by atoms with Crippen LogP contribution >= 0.6 is 0 Å². The second-order valence-electron chi connectivity index (χ2n) is 6.03. The van der Waals surface area contributed by atoms with Crippen molar-refractivity contribution in [2.75, 3.05) is 0 Å². The summed E-state index contributed by atoms with van der Waals surface area (Å²) in [5.74, 6) is -0.105. The lowest BCUT2D eigenvalue weighted by molar-refractivity contribution is 0.231. The number of nitrogens with zero attached hydrogens (tertiary/aromatic N) is 1. The van der Waals surface area contributed by atoms with Crippen molar-refractivity contribution in [1.29, 1.82) is 0 Å². The van der Waals surface area contributed by atoms with Gasteiger partial charge in [-0.15, -0.1) is 4.91 Å². The summed E-state index contributed by atoms with van der Waals surface area (Å²) in [5, 5.41) is 2.90. The van der Waals surface area contributed by atoms with Crippen molar-refractivity contribution < 1.29 is 9.13 Å². The van der Waals surface area contributed by atoms with E-state index in [0.29, 0.717) is 5.69 Å². The summed E-state index contributed by atoms with van der Waals surface area (Å²) >= 11 is 0. The van der Waals surface area contributed by atoms with Gasteiger partial charge < -0.3 is 4.74 Å². The third-order valence-corrected chi connectivity index (χ3v) is 3.82. The van der Waals surface area contributed by atoms with Gasteiger partial charge in [0.25, 0.3) is 0 Å². The number of hydrogen-bond acceptors (Lipinski definition) is 3. The van der Waals surface area contributed by atoms with Crippen molar-refractivity contribution in [3.63, 3.8) is 0 Å². The Labute approximate surface area is 146 Å². The number of hydrogen-bond donors (Lipinski definition) is 0. The van der Waals surface area contributed by atoms with Crippen LogP contribution in [0.3, 0.4) is 0 Å². The third kappa shape index (κ3) is 3.91. The number of halogens is 1. The van der Waals surface area contributed by atoms with E-state index in [-0.39, 0.29) is 17.7 Å². The van der Waals surface area contributed by atoms with E-state index in [1.54, 1.807) is 18.2 Å². The molecule has 4 heteroatoms. The van der Waals surface area contributed by atoms with Crippen LogP contribution in [0.1, 0.15) is 13.8 Å². The molecule has 0 heterocycles. The van der Waals surface area contributed by atoms with Gasteiger partial charge in [0.15, 0.2) is 11.6 Å². The number of benzene rings is 3. The first kappa shape index (κ1) is 16.8. The fourth-order valence-electron chi connectivity index (χ4n) is 2.60. The van der Waals surface area contributed by atoms with Gasteiger partial charge in [-0.3, -0.25) is 0 Å². The molecule has 3 rings (SSSR count). The van der Waals surface area contributed by atoms with Gasteiger partial charge in [0.2, 0.25) is 0 Å². The van der Waals surface area contributed by atoms with Crippen molar-refractivity contribution in [2.45, 2.75) is 20.0 Å². The van der Waals surface area contributed by atoms with Crippen molar-refractivity contribution in [3.05, 3.63) is 77.5 Å². The summed E-state index contributed by atoms with van der Waals surface area (Å²) in [4.78, 5) is 10.5. The third-order valence-electron chi connectivity index (χ3n) is 3.82. The van der Waals surface area contributed by atoms with Gasteiger partial charge in [-0.2, -0.15) is 0 Å². The molecule has 0 amide bonds. The lowest BCUT2D eigenvalue weighted by atomic mass is 10.00. The van der Waals surface area contributed by atoms with Gasteiger partial charge in [-0.1, -0.05) is 42.5 Å². The Morgan fingerprint density at radius 1 is 0.800 bits per heavy atom. The molecule has 0 fully saturated rings. The molecule has 0 atom stereocenters. The molecule has 0 N–H and O–H groups in total. The van der Waals surface area contributed by atoms with Crippen molar-refractivity contribution in [3.8, 4) is 28.0 Å². The quantitative estimate of drug-likeness (QED) is 0.510. The van der Waals surface area contributed by atoms with Crippen molar-refractivity contribution in [2.24, 2.45) is 5.18 Å². The minimum atomic E-state index is -0.368. The average molecular weight is 335 g/mol. The van der Waals surface area contributed by atoms with Gasteiger partial charge in [0.1, 0.15) is 5.69 Å². The molecule has 3 aromatic rings. The Hall–Kier alpha value is -3.01. The zero-order valence-corrected chi connectivity index (χ0v) is 14.1. The molecule has 0 saturated carbocycles. The summed E-state index contributed by atoms with van der Waals surface area (Å²) < 4.78 is 19.6. The second kappa shape index (κ2) is 7.26. The summed E-state index contributed by atoms with van der Waals surface area (Å²) in [6.07, 6.45) is -0.0690. The molecule has 0 unspecified atom stereocenters. The fraction of sp³-hybridized carbons (Fsp3) is 0.143. The number of nitroso groups, excluding NO2 is 1. The molecule has 0 saturated heterocycles. The minimum absolute atomic E-state index is 0.0690. The predicted molar refractivity (Wildman–Crippen MR) is 98.5 cm³/mol. The first-order chi connectivity index (χ1) is 12.1. The minimum Gasteiger partial charge on any atom is -0.488 e. The molecule has 0 aromatic heterocycles. The van der Waals surface area contributed by atoms with Crippen LogP contribution in [0.5, 0.6) is 5.75 Å².